The van der Waals surface area contributed by atoms with E-state index >= 15 is 0 Å². The highest BCUT2D eigenvalue weighted by molar-refractivity contribution is 7.93. The lowest BCUT2D eigenvalue weighted by Crippen LogP contribution is -2.54. The van der Waals surface area contributed by atoms with E-state index in [-0.39, 0.29) is 42.6 Å². The van der Waals surface area contributed by atoms with Gasteiger partial charge in [-0.25, -0.2) is 8.42 Å². The van der Waals surface area contributed by atoms with Crippen molar-refractivity contribution in [3.05, 3.63) is 107 Å². The van der Waals surface area contributed by atoms with Gasteiger partial charge in [0.1, 0.15) is 6.04 Å². The van der Waals surface area contributed by atoms with Gasteiger partial charge in [-0.2, -0.15) is 0 Å². The fraction of sp³-hybridized carbons (Fsp3) is 0.294. The van der Waals surface area contributed by atoms with Crippen molar-refractivity contribution >= 4 is 49.9 Å². The molecular formula is C34H36ClN3O4S. The Morgan fingerprint density at radius 1 is 0.907 bits per heavy atom. The van der Waals surface area contributed by atoms with Crippen LogP contribution in [0.15, 0.2) is 95.9 Å². The number of halogens is 1. The molecule has 2 amide bonds. The maximum Gasteiger partial charge on any atom is 0.265 e. The third kappa shape index (κ3) is 6.71. The smallest absolute Gasteiger partial charge is 0.265 e. The molecule has 0 bridgehead atoms. The Labute approximate surface area is 258 Å². The van der Waals surface area contributed by atoms with Crippen LogP contribution in [-0.2, 0) is 32.6 Å². The Bertz CT molecular complexity index is 1750. The molecule has 1 heterocycles. The number of nitrogens with one attached hydrogen (secondary N) is 1. The van der Waals surface area contributed by atoms with Gasteiger partial charge in [0.05, 0.1) is 10.6 Å². The zero-order chi connectivity index (χ0) is 30.8. The number of anilines is 1. The molecule has 0 aliphatic carbocycles. The molecule has 0 radical (unpaired) electrons. The van der Waals surface area contributed by atoms with Crippen LogP contribution in [0, 0.1) is 0 Å². The van der Waals surface area contributed by atoms with E-state index in [1.54, 1.807) is 29.2 Å². The Balaban J connectivity index is 1.41. The Kier molecular flexibility index (Phi) is 8.81. The van der Waals surface area contributed by atoms with Crippen LogP contribution in [-0.4, -0.2) is 43.3 Å². The molecule has 1 aliphatic heterocycles. The summed E-state index contributed by atoms with van der Waals surface area (Å²) in [6.07, 6.45) is 0.647. The lowest BCUT2D eigenvalue weighted by Gasteiger charge is -2.34. The molecule has 5 rings (SSSR count). The van der Waals surface area contributed by atoms with Crippen LogP contribution >= 0.6 is 11.6 Å². The second-order valence-electron chi connectivity index (χ2n) is 11.9. The second-order valence-corrected chi connectivity index (χ2v) is 14.1. The highest BCUT2D eigenvalue weighted by Gasteiger charge is 2.36. The minimum atomic E-state index is -3.73. The highest BCUT2D eigenvalue weighted by atomic mass is 35.5. The summed E-state index contributed by atoms with van der Waals surface area (Å²) >= 11 is 6.52. The maximum atomic E-state index is 14.0. The summed E-state index contributed by atoms with van der Waals surface area (Å²) in [6.45, 7) is 5.99. The van der Waals surface area contributed by atoms with Crippen LogP contribution in [0.1, 0.15) is 44.7 Å². The first-order valence-electron chi connectivity index (χ1n) is 14.4. The fourth-order valence-electron chi connectivity index (χ4n) is 5.53. The molecule has 1 atom stereocenters. The molecule has 1 unspecified atom stereocenters. The standard InChI is InChI=1S/C34H36ClN3O4S/c1-34(2,3)36-33(40)29(22-24-12-5-4-6-13-24)37(23-26-14-7-8-17-27(26)35)31(39)20-11-21-38-28-18-9-15-25-16-10-19-30(32(25)28)43(38,41)42/h4-10,12-19,29H,11,20-23H2,1-3H3,(H,36,40). The summed E-state index contributed by atoms with van der Waals surface area (Å²) in [7, 11) is -3.73. The van der Waals surface area contributed by atoms with Crippen LogP contribution < -0.4 is 9.62 Å². The number of rotatable bonds is 10. The van der Waals surface area contributed by atoms with E-state index in [1.807, 2.05) is 87.5 Å². The van der Waals surface area contributed by atoms with Gasteiger partial charge < -0.3 is 10.2 Å². The quantitative estimate of drug-likeness (QED) is 0.225. The molecular weight excluding hydrogens is 582 g/mol. The number of amides is 2. The van der Waals surface area contributed by atoms with Crippen LogP contribution in [0.2, 0.25) is 5.02 Å². The first-order valence-corrected chi connectivity index (χ1v) is 16.2. The predicted octanol–water partition coefficient (Wildman–Crippen LogP) is 6.34. The Morgan fingerprint density at radius 2 is 1.58 bits per heavy atom. The lowest BCUT2D eigenvalue weighted by atomic mass is 10.00. The number of nitrogens with zero attached hydrogens (tertiary/aromatic N) is 2. The molecule has 0 saturated heterocycles. The van der Waals surface area contributed by atoms with Gasteiger partial charge in [0.15, 0.2) is 0 Å². The Hall–Kier alpha value is -3.88. The molecule has 224 valence electrons. The van der Waals surface area contributed by atoms with E-state index in [4.69, 9.17) is 11.6 Å². The van der Waals surface area contributed by atoms with E-state index in [2.05, 4.69) is 5.32 Å². The summed E-state index contributed by atoms with van der Waals surface area (Å²) in [6, 6.07) is 26.9. The molecule has 4 aromatic rings. The van der Waals surface area contributed by atoms with E-state index in [0.29, 0.717) is 22.5 Å². The first-order chi connectivity index (χ1) is 20.5. The topological polar surface area (TPSA) is 86.8 Å². The van der Waals surface area contributed by atoms with Crippen LogP contribution in [0.3, 0.4) is 0 Å². The van der Waals surface area contributed by atoms with E-state index < -0.39 is 21.6 Å². The van der Waals surface area contributed by atoms with Gasteiger partial charge in [0, 0.05) is 41.9 Å². The van der Waals surface area contributed by atoms with Crippen molar-refractivity contribution < 1.29 is 18.0 Å². The zero-order valence-corrected chi connectivity index (χ0v) is 26.2. The van der Waals surface area contributed by atoms with Gasteiger partial charge in [-0.15, -0.1) is 0 Å². The normalized spacial score (nSPS) is 14.5. The van der Waals surface area contributed by atoms with Crippen molar-refractivity contribution in [2.24, 2.45) is 0 Å². The van der Waals surface area contributed by atoms with Crippen LogP contribution in [0.4, 0.5) is 5.69 Å². The number of sulfonamides is 1. The van der Waals surface area contributed by atoms with Crippen molar-refractivity contribution in [2.45, 2.75) is 63.1 Å². The van der Waals surface area contributed by atoms with Gasteiger partial charge in [-0.3, -0.25) is 13.9 Å². The number of hydrogen-bond acceptors (Lipinski definition) is 4. The van der Waals surface area contributed by atoms with Crippen molar-refractivity contribution in [3.63, 3.8) is 0 Å². The summed E-state index contributed by atoms with van der Waals surface area (Å²) in [5.41, 5.74) is 1.76. The third-order valence-electron chi connectivity index (χ3n) is 7.50. The Morgan fingerprint density at radius 3 is 2.28 bits per heavy atom. The van der Waals surface area contributed by atoms with Gasteiger partial charge in [0.25, 0.3) is 10.0 Å². The van der Waals surface area contributed by atoms with Crippen molar-refractivity contribution in [3.8, 4) is 0 Å². The zero-order valence-electron chi connectivity index (χ0n) is 24.6. The summed E-state index contributed by atoms with van der Waals surface area (Å²) in [5, 5.41) is 5.12. The van der Waals surface area contributed by atoms with E-state index in [9.17, 15) is 18.0 Å². The summed E-state index contributed by atoms with van der Waals surface area (Å²) < 4.78 is 28.3. The molecule has 9 heteroatoms. The van der Waals surface area contributed by atoms with Gasteiger partial charge in [-0.1, -0.05) is 84.4 Å². The molecule has 1 aliphatic rings. The molecule has 43 heavy (non-hydrogen) atoms. The summed E-state index contributed by atoms with van der Waals surface area (Å²) in [5.74, 6) is -0.516. The average molecular weight is 618 g/mol. The highest BCUT2D eigenvalue weighted by Crippen LogP contribution is 2.42. The number of hydrogen-bond donors (Lipinski definition) is 1. The third-order valence-corrected chi connectivity index (χ3v) is 9.73. The number of carbonyl (C=O) groups excluding carboxylic acids is 2. The monoisotopic (exact) mass is 617 g/mol. The van der Waals surface area contributed by atoms with Gasteiger partial charge in [-0.05, 0) is 61.9 Å². The van der Waals surface area contributed by atoms with Crippen molar-refractivity contribution in [1.29, 1.82) is 0 Å². The minimum absolute atomic E-state index is 0.0525. The molecule has 0 saturated carbocycles. The molecule has 7 nitrogen and oxygen atoms in total. The molecule has 0 fully saturated rings. The number of carbonyl (C=O) groups is 2. The van der Waals surface area contributed by atoms with Crippen molar-refractivity contribution in [1.82, 2.24) is 10.2 Å². The molecule has 0 spiro atoms. The fourth-order valence-corrected chi connectivity index (χ4v) is 7.48. The van der Waals surface area contributed by atoms with Gasteiger partial charge in [0.2, 0.25) is 11.8 Å². The number of benzene rings is 4. The minimum Gasteiger partial charge on any atom is -0.350 e. The molecule has 0 aromatic heterocycles. The van der Waals surface area contributed by atoms with Crippen LogP contribution in [0.5, 0.6) is 0 Å². The maximum absolute atomic E-state index is 14.0. The van der Waals surface area contributed by atoms with Crippen LogP contribution in [0.25, 0.3) is 10.8 Å². The van der Waals surface area contributed by atoms with E-state index in [0.717, 1.165) is 16.5 Å². The first kappa shape index (κ1) is 30.6. The second kappa shape index (κ2) is 12.4. The predicted molar refractivity (Wildman–Crippen MR) is 172 cm³/mol. The average Bonchev–Trinajstić information content (AvgIpc) is 3.18. The summed E-state index contributed by atoms with van der Waals surface area (Å²) in [4.78, 5) is 29.7. The van der Waals surface area contributed by atoms with Gasteiger partial charge >= 0.3 is 0 Å². The lowest BCUT2D eigenvalue weighted by molar-refractivity contribution is -0.142. The molecule has 4 aromatic carbocycles. The van der Waals surface area contributed by atoms with Crippen molar-refractivity contribution in [2.75, 3.05) is 10.8 Å². The largest absolute Gasteiger partial charge is 0.350 e. The van der Waals surface area contributed by atoms with E-state index in [1.165, 1.54) is 4.31 Å². The molecule has 1 N–H and O–H groups in total. The SMILES string of the molecule is CC(C)(C)NC(=O)C(Cc1ccccc1)N(Cc1ccccc1Cl)C(=O)CCCN1c2cccc3cccc(c23)S1(=O)=O.